The lowest BCUT2D eigenvalue weighted by atomic mass is 10.1. The first-order chi connectivity index (χ1) is 12.1. The fourth-order valence-corrected chi connectivity index (χ4v) is 2.34. The Bertz CT molecular complexity index is 868. The highest BCUT2D eigenvalue weighted by Gasteiger charge is 2.07. The quantitative estimate of drug-likeness (QED) is 0.734. The summed E-state index contributed by atoms with van der Waals surface area (Å²) in [7, 11) is 0. The van der Waals surface area contributed by atoms with Crippen molar-refractivity contribution in [3.05, 3.63) is 71.0 Å². The van der Waals surface area contributed by atoms with E-state index < -0.39 is 5.82 Å². The maximum atomic E-state index is 13.4. The first kappa shape index (κ1) is 17.0. The molecule has 0 saturated carbocycles. The van der Waals surface area contributed by atoms with Gasteiger partial charge in [0.25, 0.3) is 0 Å². The fraction of sp³-hybridized carbons (Fsp3) is 0.176. The Morgan fingerprint density at radius 2 is 2.20 bits per heavy atom. The molecule has 2 aromatic heterocycles. The van der Waals surface area contributed by atoms with E-state index in [1.54, 1.807) is 35.4 Å². The van der Waals surface area contributed by atoms with E-state index in [-0.39, 0.29) is 23.9 Å². The number of hydrogen-bond acceptors (Lipinski definition) is 4. The number of rotatable bonds is 6. The summed E-state index contributed by atoms with van der Waals surface area (Å²) in [5.41, 5.74) is 2.15. The van der Waals surface area contributed by atoms with Gasteiger partial charge in [-0.25, -0.2) is 9.07 Å². The molecule has 128 valence electrons. The van der Waals surface area contributed by atoms with Crippen LogP contribution in [0.4, 0.5) is 4.39 Å². The third-order valence-electron chi connectivity index (χ3n) is 3.54. The number of halogens is 2. The molecule has 0 aliphatic carbocycles. The minimum absolute atomic E-state index is 0.0740. The second-order valence-electron chi connectivity index (χ2n) is 5.39. The van der Waals surface area contributed by atoms with Crippen LogP contribution >= 0.6 is 11.6 Å². The van der Waals surface area contributed by atoms with Crippen LogP contribution < -0.4 is 5.32 Å². The van der Waals surface area contributed by atoms with Gasteiger partial charge in [-0.2, -0.15) is 0 Å². The van der Waals surface area contributed by atoms with Crippen molar-refractivity contribution in [1.82, 2.24) is 25.3 Å². The second-order valence-corrected chi connectivity index (χ2v) is 5.80. The van der Waals surface area contributed by atoms with Crippen LogP contribution in [0.5, 0.6) is 0 Å². The van der Waals surface area contributed by atoms with Gasteiger partial charge in [0.2, 0.25) is 5.91 Å². The van der Waals surface area contributed by atoms with E-state index in [9.17, 15) is 9.18 Å². The molecule has 2 heterocycles. The number of amides is 1. The molecule has 0 fully saturated rings. The number of aromatic nitrogens is 4. The molecule has 0 unspecified atom stereocenters. The molecule has 3 rings (SSSR count). The number of aryl methyl sites for hydroxylation is 1. The molecule has 3 aromatic rings. The maximum absolute atomic E-state index is 13.4. The van der Waals surface area contributed by atoms with Gasteiger partial charge >= 0.3 is 0 Å². The van der Waals surface area contributed by atoms with Crippen molar-refractivity contribution in [3.63, 3.8) is 0 Å². The summed E-state index contributed by atoms with van der Waals surface area (Å²) in [6.07, 6.45) is 5.75. The van der Waals surface area contributed by atoms with Crippen LogP contribution in [0.2, 0.25) is 5.02 Å². The molecule has 6 nitrogen and oxygen atoms in total. The van der Waals surface area contributed by atoms with E-state index in [2.05, 4.69) is 20.6 Å². The summed E-state index contributed by atoms with van der Waals surface area (Å²) in [6.45, 7) is 0.272. The predicted octanol–water partition coefficient (Wildman–Crippen LogP) is 2.70. The maximum Gasteiger partial charge on any atom is 0.220 e. The summed E-state index contributed by atoms with van der Waals surface area (Å²) >= 11 is 5.63. The Balaban J connectivity index is 1.49. The van der Waals surface area contributed by atoms with Gasteiger partial charge in [0.05, 0.1) is 29.6 Å². The summed E-state index contributed by atoms with van der Waals surface area (Å²) in [6, 6.07) is 8.20. The Morgan fingerprint density at radius 1 is 1.32 bits per heavy atom. The molecule has 0 aliphatic rings. The van der Waals surface area contributed by atoms with E-state index in [0.29, 0.717) is 12.1 Å². The van der Waals surface area contributed by atoms with E-state index >= 15 is 0 Å². The van der Waals surface area contributed by atoms with E-state index in [1.165, 1.54) is 12.1 Å². The minimum atomic E-state index is -0.480. The average Bonchev–Trinajstić information content (AvgIpc) is 3.11. The SMILES string of the molecule is O=C(CCc1ccc(Cl)c(F)c1)NCc1cn(-c2cccnc2)nn1. The zero-order chi connectivity index (χ0) is 17.6. The van der Waals surface area contributed by atoms with Crippen LogP contribution in [-0.4, -0.2) is 25.9 Å². The number of hydrogen-bond donors (Lipinski definition) is 1. The van der Waals surface area contributed by atoms with Gasteiger partial charge < -0.3 is 5.32 Å². The molecule has 0 aliphatic heterocycles. The molecule has 1 amide bonds. The average molecular weight is 360 g/mol. The van der Waals surface area contributed by atoms with Gasteiger partial charge in [-0.15, -0.1) is 5.10 Å². The first-order valence-corrected chi connectivity index (χ1v) is 8.02. The highest BCUT2D eigenvalue weighted by molar-refractivity contribution is 6.30. The molecule has 0 radical (unpaired) electrons. The van der Waals surface area contributed by atoms with E-state index in [0.717, 1.165) is 11.3 Å². The lowest BCUT2D eigenvalue weighted by molar-refractivity contribution is -0.121. The topological polar surface area (TPSA) is 72.7 Å². The molecule has 0 bridgehead atoms. The van der Waals surface area contributed by atoms with Crippen LogP contribution in [0.1, 0.15) is 17.7 Å². The van der Waals surface area contributed by atoms with Crippen LogP contribution in [-0.2, 0) is 17.8 Å². The molecular weight excluding hydrogens is 345 g/mol. The summed E-state index contributed by atoms with van der Waals surface area (Å²) in [5, 5.41) is 10.9. The fourth-order valence-electron chi connectivity index (χ4n) is 2.23. The van der Waals surface area contributed by atoms with Crippen LogP contribution in [0.3, 0.4) is 0 Å². The minimum Gasteiger partial charge on any atom is -0.350 e. The van der Waals surface area contributed by atoms with Gasteiger partial charge in [0.15, 0.2) is 0 Å². The number of nitrogens with zero attached hydrogens (tertiary/aromatic N) is 4. The summed E-state index contributed by atoms with van der Waals surface area (Å²) in [5.74, 6) is -0.627. The molecule has 0 spiro atoms. The molecule has 0 saturated heterocycles. The number of benzene rings is 1. The lowest BCUT2D eigenvalue weighted by Gasteiger charge is -2.04. The highest BCUT2D eigenvalue weighted by atomic mass is 35.5. The number of pyridine rings is 1. The Morgan fingerprint density at radius 3 is 2.96 bits per heavy atom. The third-order valence-corrected chi connectivity index (χ3v) is 3.85. The normalized spacial score (nSPS) is 10.6. The van der Waals surface area contributed by atoms with Gasteiger partial charge in [-0.05, 0) is 36.2 Å². The Labute approximate surface area is 148 Å². The zero-order valence-electron chi connectivity index (χ0n) is 13.2. The monoisotopic (exact) mass is 359 g/mol. The lowest BCUT2D eigenvalue weighted by Crippen LogP contribution is -2.23. The molecule has 8 heteroatoms. The first-order valence-electron chi connectivity index (χ1n) is 7.64. The van der Waals surface area contributed by atoms with Crippen molar-refractivity contribution in [2.24, 2.45) is 0 Å². The van der Waals surface area contributed by atoms with Gasteiger partial charge in [-0.3, -0.25) is 9.78 Å². The van der Waals surface area contributed by atoms with Crippen molar-refractivity contribution < 1.29 is 9.18 Å². The number of carbonyl (C=O) groups is 1. The van der Waals surface area contributed by atoms with Crippen molar-refractivity contribution in [2.75, 3.05) is 0 Å². The summed E-state index contributed by atoms with van der Waals surface area (Å²) in [4.78, 5) is 15.9. The smallest absolute Gasteiger partial charge is 0.220 e. The van der Waals surface area contributed by atoms with Crippen molar-refractivity contribution in [3.8, 4) is 5.69 Å². The van der Waals surface area contributed by atoms with E-state index in [4.69, 9.17) is 11.6 Å². The molecular formula is C17H15ClFN5O. The molecule has 25 heavy (non-hydrogen) atoms. The largest absolute Gasteiger partial charge is 0.350 e. The van der Waals surface area contributed by atoms with Crippen LogP contribution in [0.25, 0.3) is 5.69 Å². The highest BCUT2D eigenvalue weighted by Crippen LogP contribution is 2.16. The van der Waals surface area contributed by atoms with Crippen LogP contribution in [0.15, 0.2) is 48.9 Å². The van der Waals surface area contributed by atoms with Crippen molar-refractivity contribution in [1.29, 1.82) is 0 Å². The standard InChI is InChI=1S/C17H15ClFN5O/c18-15-5-3-12(8-16(15)19)4-6-17(25)21-9-13-11-24(23-22-13)14-2-1-7-20-10-14/h1-3,5,7-8,10-11H,4,6,9H2,(H,21,25). The molecule has 0 atom stereocenters. The predicted molar refractivity (Wildman–Crippen MR) is 90.7 cm³/mol. The summed E-state index contributed by atoms with van der Waals surface area (Å²) < 4.78 is 14.9. The number of carbonyl (C=O) groups excluding carboxylic acids is 1. The van der Waals surface area contributed by atoms with Gasteiger partial charge in [0, 0.05) is 12.6 Å². The van der Waals surface area contributed by atoms with Gasteiger partial charge in [-0.1, -0.05) is 22.9 Å². The second kappa shape index (κ2) is 7.85. The molecule has 1 aromatic carbocycles. The Kier molecular flexibility index (Phi) is 5.35. The van der Waals surface area contributed by atoms with Crippen LogP contribution in [0, 0.1) is 5.82 Å². The van der Waals surface area contributed by atoms with Gasteiger partial charge in [0.1, 0.15) is 11.5 Å². The molecule has 1 N–H and O–H groups in total. The number of nitrogens with one attached hydrogen (secondary N) is 1. The van der Waals surface area contributed by atoms with Crippen molar-refractivity contribution >= 4 is 17.5 Å². The third kappa shape index (κ3) is 4.60. The Hall–Kier alpha value is -2.80. The van der Waals surface area contributed by atoms with E-state index in [1.807, 2.05) is 6.07 Å². The zero-order valence-corrected chi connectivity index (χ0v) is 13.9. The van der Waals surface area contributed by atoms with Crippen molar-refractivity contribution in [2.45, 2.75) is 19.4 Å².